The molecular formula is C21H42O2. The van der Waals surface area contributed by atoms with Crippen molar-refractivity contribution in [2.45, 2.75) is 104 Å². The van der Waals surface area contributed by atoms with Crippen LogP contribution in [0.1, 0.15) is 97.8 Å². The first-order valence-electron chi connectivity index (χ1n) is 10.1. The average Bonchev–Trinajstić information content (AvgIpc) is 2.52. The van der Waals surface area contributed by atoms with Crippen molar-refractivity contribution < 1.29 is 10.2 Å². The topological polar surface area (TPSA) is 40.5 Å². The minimum Gasteiger partial charge on any atom is -0.396 e. The molecule has 0 saturated heterocycles. The molecule has 0 bridgehead atoms. The quantitative estimate of drug-likeness (QED) is 0.275. The Labute approximate surface area is 145 Å². The van der Waals surface area contributed by atoms with Gasteiger partial charge in [0, 0.05) is 12.5 Å². The van der Waals surface area contributed by atoms with Gasteiger partial charge in [0.25, 0.3) is 0 Å². The van der Waals surface area contributed by atoms with E-state index in [1.165, 1.54) is 70.6 Å². The standard InChI is InChI=1S/C21H42O2/c1-4-5-6-7-8-9-10-11-12-13-14-15-16-17-21(23)20(18-22)19(2)3/h16-17,19-23H,4-15,18H2,1-3H3/b17-16+/t20-,21-/m1/s1. The maximum Gasteiger partial charge on any atom is 0.0773 e. The Morgan fingerprint density at radius 2 is 1.26 bits per heavy atom. The summed E-state index contributed by atoms with van der Waals surface area (Å²) in [5, 5.41) is 19.3. The second kappa shape index (κ2) is 16.5. The normalized spacial score (nSPS) is 14.7. The smallest absolute Gasteiger partial charge is 0.0773 e. The van der Waals surface area contributed by atoms with Crippen molar-refractivity contribution in [1.82, 2.24) is 0 Å². The van der Waals surface area contributed by atoms with E-state index in [1.54, 1.807) is 0 Å². The Kier molecular flexibility index (Phi) is 16.3. The molecule has 138 valence electrons. The highest BCUT2D eigenvalue weighted by Gasteiger charge is 2.18. The van der Waals surface area contributed by atoms with Crippen LogP contribution in [0.2, 0.25) is 0 Å². The fourth-order valence-electron chi connectivity index (χ4n) is 3.02. The summed E-state index contributed by atoms with van der Waals surface area (Å²) < 4.78 is 0. The monoisotopic (exact) mass is 326 g/mol. The van der Waals surface area contributed by atoms with Gasteiger partial charge in [-0.1, -0.05) is 97.1 Å². The summed E-state index contributed by atoms with van der Waals surface area (Å²) in [6, 6.07) is 0. The van der Waals surface area contributed by atoms with Crippen molar-refractivity contribution in [3.8, 4) is 0 Å². The van der Waals surface area contributed by atoms with Crippen molar-refractivity contribution in [2.24, 2.45) is 11.8 Å². The Bertz CT molecular complexity index is 261. The van der Waals surface area contributed by atoms with E-state index < -0.39 is 6.10 Å². The third-order valence-electron chi connectivity index (χ3n) is 4.81. The van der Waals surface area contributed by atoms with Gasteiger partial charge in [-0.3, -0.25) is 0 Å². The lowest BCUT2D eigenvalue weighted by Crippen LogP contribution is -2.26. The van der Waals surface area contributed by atoms with Crippen LogP contribution >= 0.6 is 0 Å². The van der Waals surface area contributed by atoms with Gasteiger partial charge in [0.05, 0.1) is 6.10 Å². The first kappa shape index (κ1) is 22.7. The van der Waals surface area contributed by atoms with Crippen LogP contribution in [-0.4, -0.2) is 22.9 Å². The summed E-state index contributed by atoms with van der Waals surface area (Å²) in [4.78, 5) is 0. The summed E-state index contributed by atoms with van der Waals surface area (Å²) in [5.41, 5.74) is 0. The number of hydrogen-bond acceptors (Lipinski definition) is 2. The van der Waals surface area contributed by atoms with Crippen molar-refractivity contribution >= 4 is 0 Å². The van der Waals surface area contributed by atoms with Gasteiger partial charge >= 0.3 is 0 Å². The summed E-state index contributed by atoms with van der Waals surface area (Å²) in [6.07, 6.45) is 19.5. The molecule has 0 aliphatic carbocycles. The fourth-order valence-corrected chi connectivity index (χ4v) is 3.02. The molecule has 0 aromatic heterocycles. The molecule has 23 heavy (non-hydrogen) atoms. The third-order valence-corrected chi connectivity index (χ3v) is 4.81. The van der Waals surface area contributed by atoms with Crippen LogP contribution < -0.4 is 0 Å². The second-order valence-corrected chi connectivity index (χ2v) is 7.33. The van der Waals surface area contributed by atoms with E-state index in [4.69, 9.17) is 0 Å². The van der Waals surface area contributed by atoms with Crippen molar-refractivity contribution in [3.63, 3.8) is 0 Å². The lowest BCUT2D eigenvalue weighted by molar-refractivity contribution is 0.0720. The minimum absolute atomic E-state index is 0.0384. The maximum atomic E-state index is 10.0. The molecule has 2 atom stereocenters. The molecular weight excluding hydrogens is 284 g/mol. The van der Waals surface area contributed by atoms with Gasteiger partial charge in [-0.25, -0.2) is 0 Å². The van der Waals surface area contributed by atoms with Crippen molar-refractivity contribution in [2.75, 3.05) is 6.61 Å². The molecule has 0 rings (SSSR count). The predicted molar refractivity (Wildman–Crippen MR) is 102 cm³/mol. The molecule has 0 aromatic rings. The third kappa shape index (κ3) is 13.8. The Morgan fingerprint density at radius 3 is 1.70 bits per heavy atom. The molecule has 0 aliphatic rings. The molecule has 2 nitrogen and oxygen atoms in total. The van der Waals surface area contributed by atoms with Crippen LogP contribution in [0.3, 0.4) is 0 Å². The van der Waals surface area contributed by atoms with Gasteiger partial charge < -0.3 is 10.2 Å². The molecule has 0 aliphatic heterocycles. The van der Waals surface area contributed by atoms with Crippen molar-refractivity contribution in [1.29, 1.82) is 0 Å². The van der Waals surface area contributed by atoms with Crippen LogP contribution in [0.4, 0.5) is 0 Å². The Hall–Kier alpha value is -0.340. The van der Waals surface area contributed by atoms with Gasteiger partial charge in [-0.05, 0) is 18.8 Å². The summed E-state index contributed by atoms with van der Waals surface area (Å²) in [5.74, 6) is 0.269. The highest BCUT2D eigenvalue weighted by atomic mass is 16.3. The Balaban J connectivity index is 3.40. The fraction of sp³-hybridized carbons (Fsp3) is 0.905. The molecule has 0 radical (unpaired) electrons. The van der Waals surface area contributed by atoms with Gasteiger partial charge in [-0.2, -0.15) is 0 Å². The molecule has 0 unspecified atom stereocenters. The summed E-state index contributed by atoms with van der Waals surface area (Å²) in [7, 11) is 0. The van der Waals surface area contributed by atoms with Gasteiger partial charge in [0.15, 0.2) is 0 Å². The van der Waals surface area contributed by atoms with Crippen molar-refractivity contribution in [3.05, 3.63) is 12.2 Å². The molecule has 2 heteroatoms. The zero-order valence-corrected chi connectivity index (χ0v) is 16.0. The van der Waals surface area contributed by atoms with Crippen LogP contribution in [0.5, 0.6) is 0 Å². The highest BCUT2D eigenvalue weighted by Crippen LogP contribution is 2.16. The van der Waals surface area contributed by atoms with E-state index in [0.29, 0.717) is 5.92 Å². The number of aliphatic hydroxyl groups is 2. The van der Waals surface area contributed by atoms with Gasteiger partial charge in [0.1, 0.15) is 0 Å². The molecule has 0 fully saturated rings. The molecule has 0 heterocycles. The number of unbranched alkanes of at least 4 members (excludes halogenated alkanes) is 11. The van der Waals surface area contributed by atoms with Crippen LogP contribution in [0.25, 0.3) is 0 Å². The molecule has 0 amide bonds. The van der Waals surface area contributed by atoms with E-state index in [0.717, 1.165) is 6.42 Å². The number of rotatable bonds is 16. The molecule has 2 N–H and O–H groups in total. The molecule has 0 saturated carbocycles. The molecule has 0 spiro atoms. The van der Waals surface area contributed by atoms with E-state index in [1.807, 2.05) is 19.9 Å². The highest BCUT2D eigenvalue weighted by molar-refractivity contribution is 4.92. The first-order chi connectivity index (χ1) is 11.1. The van der Waals surface area contributed by atoms with E-state index >= 15 is 0 Å². The number of aliphatic hydroxyl groups excluding tert-OH is 2. The predicted octanol–water partition coefficient (Wildman–Crippen LogP) is 5.87. The van der Waals surface area contributed by atoms with E-state index in [9.17, 15) is 10.2 Å². The van der Waals surface area contributed by atoms with E-state index in [2.05, 4.69) is 13.0 Å². The zero-order chi connectivity index (χ0) is 17.3. The largest absolute Gasteiger partial charge is 0.396 e. The van der Waals surface area contributed by atoms with E-state index in [-0.39, 0.29) is 12.5 Å². The van der Waals surface area contributed by atoms with Gasteiger partial charge in [0.2, 0.25) is 0 Å². The number of allylic oxidation sites excluding steroid dienone is 1. The SMILES string of the molecule is CCCCCCCCCCCCC/C=C/[C@@H](O)[C@H](CO)C(C)C. The average molecular weight is 327 g/mol. The number of hydrogen-bond donors (Lipinski definition) is 2. The van der Waals surface area contributed by atoms with Crippen LogP contribution in [-0.2, 0) is 0 Å². The first-order valence-corrected chi connectivity index (χ1v) is 10.1. The molecule has 0 aromatic carbocycles. The minimum atomic E-state index is -0.507. The maximum absolute atomic E-state index is 10.0. The van der Waals surface area contributed by atoms with Gasteiger partial charge in [-0.15, -0.1) is 0 Å². The Morgan fingerprint density at radius 1 is 0.783 bits per heavy atom. The zero-order valence-electron chi connectivity index (χ0n) is 16.0. The summed E-state index contributed by atoms with van der Waals surface area (Å²) in [6.45, 7) is 6.41. The van der Waals surface area contributed by atoms with Crippen LogP contribution in [0.15, 0.2) is 12.2 Å². The lowest BCUT2D eigenvalue weighted by atomic mass is 9.90. The lowest BCUT2D eigenvalue weighted by Gasteiger charge is -2.21. The van der Waals surface area contributed by atoms with Crippen LogP contribution in [0, 0.1) is 11.8 Å². The second-order valence-electron chi connectivity index (χ2n) is 7.33. The summed E-state index contributed by atoms with van der Waals surface area (Å²) >= 11 is 0.